The minimum Gasteiger partial charge on any atom is -0.481 e. The van der Waals surface area contributed by atoms with Crippen LogP contribution >= 0.6 is 0 Å². The maximum Gasteiger partial charge on any atom is 0.310 e. The molecule has 21 heavy (non-hydrogen) atoms. The molecule has 1 spiro atoms. The van der Waals surface area contributed by atoms with Crippen LogP contribution in [0.5, 0.6) is 0 Å². The summed E-state index contributed by atoms with van der Waals surface area (Å²) in [6, 6.07) is 0. The van der Waals surface area contributed by atoms with E-state index in [0.29, 0.717) is 12.6 Å². The van der Waals surface area contributed by atoms with E-state index in [-0.39, 0.29) is 5.60 Å². The number of aliphatic carboxylic acids is 1. The number of likely N-dealkylation sites (tertiary alicyclic amines) is 1. The average Bonchev–Trinajstić information content (AvgIpc) is 2.82. The molecule has 3 fully saturated rings. The Morgan fingerprint density at radius 3 is 2.67 bits per heavy atom. The van der Waals surface area contributed by atoms with E-state index in [2.05, 4.69) is 4.90 Å². The molecular formula is C17H29NO3. The van der Waals surface area contributed by atoms with Crippen LogP contribution in [-0.2, 0) is 9.53 Å². The van der Waals surface area contributed by atoms with Gasteiger partial charge in [-0.05, 0) is 52.0 Å². The van der Waals surface area contributed by atoms with E-state index in [1.54, 1.807) is 0 Å². The van der Waals surface area contributed by atoms with Crippen molar-refractivity contribution in [3.05, 3.63) is 0 Å². The summed E-state index contributed by atoms with van der Waals surface area (Å²) in [5, 5.41) is 9.42. The minimum absolute atomic E-state index is 0.175. The highest BCUT2D eigenvalue weighted by Gasteiger charge is 2.43. The summed E-state index contributed by atoms with van der Waals surface area (Å²) in [6.07, 6.45) is 10.9. The molecular weight excluding hydrogens is 266 g/mol. The summed E-state index contributed by atoms with van der Waals surface area (Å²) in [5.41, 5.74) is -0.395. The SMILES string of the molecule is CC1(C(=O)O)CCCN(CC2CCC3(CCCCC3)O2)C1. The fourth-order valence-corrected chi connectivity index (χ4v) is 4.55. The lowest BCUT2D eigenvalue weighted by atomic mass is 9.82. The number of carboxylic acid groups (broad SMARTS) is 1. The predicted octanol–water partition coefficient (Wildman–Crippen LogP) is 3.06. The third-order valence-electron chi connectivity index (χ3n) is 5.86. The van der Waals surface area contributed by atoms with Gasteiger partial charge in [-0.25, -0.2) is 0 Å². The second kappa shape index (κ2) is 5.88. The molecule has 120 valence electrons. The average molecular weight is 295 g/mol. The predicted molar refractivity (Wildman–Crippen MR) is 81.3 cm³/mol. The molecule has 0 aromatic rings. The topological polar surface area (TPSA) is 49.8 Å². The lowest BCUT2D eigenvalue weighted by Crippen LogP contribution is -2.48. The molecule has 1 N–H and O–H groups in total. The van der Waals surface area contributed by atoms with Crippen molar-refractivity contribution < 1.29 is 14.6 Å². The minimum atomic E-state index is -0.650. The number of carbonyl (C=O) groups is 1. The van der Waals surface area contributed by atoms with Gasteiger partial charge in [0.1, 0.15) is 0 Å². The Balaban J connectivity index is 1.54. The molecule has 0 aromatic carbocycles. The quantitative estimate of drug-likeness (QED) is 0.869. The normalized spacial score (nSPS) is 36.9. The van der Waals surface area contributed by atoms with E-state index >= 15 is 0 Å². The summed E-state index contributed by atoms with van der Waals surface area (Å²) < 4.78 is 6.43. The van der Waals surface area contributed by atoms with E-state index in [9.17, 15) is 9.90 Å². The zero-order valence-electron chi connectivity index (χ0n) is 13.3. The molecule has 4 heteroatoms. The standard InChI is InChI=1S/C17H29NO3/c1-16(15(19)20)7-5-11-18(13-16)12-14-6-10-17(21-14)8-3-2-4-9-17/h14H,2-13H2,1H3,(H,19,20). The summed E-state index contributed by atoms with van der Waals surface area (Å²) in [4.78, 5) is 13.8. The molecule has 3 rings (SSSR count). The number of rotatable bonds is 3. The van der Waals surface area contributed by atoms with E-state index in [1.165, 1.54) is 38.5 Å². The lowest BCUT2D eigenvalue weighted by molar-refractivity contribution is -0.152. The molecule has 0 radical (unpaired) electrons. The van der Waals surface area contributed by atoms with Gasteiger partial charge in [-0.15, -0.1) is 0 Å². The first-order chi connectivity index (χ1) is 10.0. The molecule has 1 saturated carbocycles. The van der Waals surface area contributed by atoms with Crippen LogP contribution in [0.15, 0.2) is 0 Å². The number of carboxylic acids is 1. The van der Waals surface area contributed by atoms with Gasteiger partial charge in [0.2, 0.25) is 0 Å². The van der Waals surface area contributed by atoms with Gasteiger partial charge in [0.25, 0.3) is 0 Å². The molecule has 2 saturated heterocycles. The van der Waals surface area contributed by atoms with Gasteiger partial charge in [-0.3, -0.25) is 9.69 Å². The molecule has 3 aliphatic rings. The van der Waals surface area contributed by atoms with Crippen molar-refractivity contribution in [1.29, 1.82) is 0 Å². The van der Waals surface area contributed by atoms with Crippen molar-refractivity contribution in [2.75, 3.05) is 19.6 Å². The van der Waals surface area contributed by atoms with E-state index in [4.69, 9.17) is 4.74 Å². The van der Waals surface area contributed by atoms with Crippen LogP contribution in [0.3, 0.4) is 0 Å². The van der Waals surface area contributed by atoms with Crippen molar-refractivity contribution >= 4 is 5.97 Å². The third-order valence-corrected chi connectivity index (χ3v) is 5.86. The second-order valence-corrected chi connectivity index (χ2v) is 7.73. The maximum absolute atomic E-state index is 11.4. The fraction of sp³-hybridized carbons (Fsp3) is 0.941. The molecule has 1 aliphatic carbocycles. The molecule has 2 unspecified atom stereocenters. The van der Waals surface area contributed by atoms with Gasteiger partial charge >= 0.3 is 5.97 Å². The smallest absolute Gasteiger partial charge is 0.310 e. The largest absolute Gasteiger partial charge is 0.481 e. The van der Waals surface area contributed by atoms with Gasteiger partial charge in [0.05, 0.1) is 17.1 Å². The van der Waals surface area contributed by atoms with E-state index in [0.717, 1.165) is 32.4 Å². The fourth-order valence-electron chi connectivity index (χ4n) is 4.55. The Morgan fingerprint density at radius 2 is 1.95 bits per heavy atom. The second-order valence-electron chi connectivity index (χ2n) is 7.73. The Bertz CT molecular complexity index is 391. The van der Waals surface area contributed by atoms with Gasteiger partial charge in [-0.1, -0.05) is 19.3 Å². The number of nitrogens with zero attached hydrogens (tertiary/aromatic N) is 1. The highest BCUT2D eigenvalue weighted by atomic mass is 16.5. The summed E-state index contributed by atoms with van der Waals surface area (Å²) in [7, 11) is 0. The first-order valence-electron chi connectivity index (χ1n) is 8.65. The molecule has 0 bridgehead atoms. The first kappa shape index (κ1) is 15.3. The molecule has 0 aromatic heterocycles. The van der Waals surface area contributed by atoms with Crippen molar-refractivity contribution in [2.24, 2.45) is 5.41 Å². The Labute approximate surface area is 127 Å². The maximum atomic E-state index is 11.4. The van der Waals surface area contributed by atoms with Crippen molar-refractivity contribution in [1.82, 2.24) is 4.90 Å². The molecule has 2 aliphatic heterocycles. The van der Waals surface area contributed by atoms with Gasteiger partial charge in [0.15, 0.2) is 0 Å². The number of hydrogen-bond acceptors (Lipinski definition) is 3. The Kier molecular flexibility index (Phi) is 4.28. The van der Waals surface area contributed by atoms with Gasteiger partial charge in [-0.2, -0.15) is 0 Å². The molecule has 2 atom stereocenters. The Hall–Kier alpha value is -0.610. The zero-order chi connectivity index (χ0) is 14.9. The van der Waals surface area contributed by atoms with Crippen LogP contribution in [0.4, 0.5) is 0 Å². The molecule has 0 amide bonds. The number of piperidine rings is 1. The first-order valence-corrected chi connectivity index (χ1v) is 8.65. The van der Waals surface area contributed by atoms with E-state index < -0.39 is 11.4 Å². The third kappa shape index (κ3) is 3.26. The lowest BCUT2D eigenvalue weighted by Gasteiger charge is -2.39. The van der Waals surface area contributed by atoms with Gasteiger partial charge < -0.3 is 9.84 Å². The van der Waals surface area contributed by atoms with Crippen LogP contribution in [0.1, 0.15) is 64.7 Å². The van der Waals surface area contributed by atoms with Crippen molar-refractivity contribution in [2.45, 2.75) is 76.4 Å². The van der Waals surface area contributed by atoms with Crippen LogP contribution < -0.4 is 0 Å². The molecule has 4 nitrogen and oxygen atoms in total. The van der Waals surface area contributed by atoms with Crippen LogP contribution in [-0.4, -0.2) is 47.3 Å². The molecule has 2 heterocycles. The van der Waals surface area contributed by atoms with Crippen molar-refractivity contribution in [3.63, 3.8) is 0 Å². The summed E-state index contributed by atoms with van der Waals surface area (Å²) in [5.74, 6) is -0.650. The highest BCUT2D eigenvalue weighted by molar-refractivity contribution is 5.74. The van der Waals surface area contributed by atoms with Gasteiger partial charge in [0, 0.05) is 13.1 Å². The van der Waals surface area contributed by atoms with Crippen molar-refractivity contribution in [3.8, 4) is 0 Å². The van der Waals surface area contributed by atoms with Crippen LogP contribution in [0.25, 0.3) is 0 Å². The summed E-state index contributed by atoms with van der Waals surface area (Å²) >= 11 is 0. The Morgan fingerprint density at radius 1 is 1.19 bits per heavy atom. The van der Waals surface area contributed by atoms with Crippen LogP contribution in [0.2, 0.25) is 0 Å². The van der Waals surface area contributed by atoms with E-state index in [1.807, 2.05) is 6.92 Å². The zero-order valence-corrected chi connectivity index (χ0v) is 13.3. The monoisotopic (exact) mass is 295 g/mol. The van der Waals surface area contributed by atoms with Crippen LogP contribution in [0, 0.1) is 5.41 Å². The number of ether oxygens (including phenoxy) is 1. The number of hydrogen-bond donors (Lipinski definition) is 1. The summed E-state index contributed by atoms with van der Waals surface area (Å²) in [6.45, 7) is 4.51. The highest BCUT2D eigenvalue weighted by Crippen LogP contribution is 2.42.